The number of hydrogen-bond acceptors (Lipinski definition) is 5. The number of para-hydroxylation sites is 1. The summed E-state index contributed by atoms with van der Waals surface area (Å²) in [7, 11) is 0. The van der Waals surface area contributed by atoms with Crippen LogP contribution < -0.4 is 5.32 Å². The van der Waals surface area contributed by atoms with Gasteiger partial charge < -0.3 is 19.9 Å². The van der Waals surface area contributed by atoms with Crippen molar-refractivity contribution in [2.45, 2.75) is 12.5 Å². The molecule has 2 heterocycles. The van der Waals surface area contributed by atoms with Crippen molar-refractivity contribution in [2.24, 2.45) is 0 Å². The monoisotopic (exact) mass is 341 g/mol. The molecule has 1 atom stereocenters. The number of benzene rings is 1. The lowest BCUT2D eigenvalue weighted by atomic mass is 10.1. The second kappa shape index (κ2) is 6.91. The number of hydrogen-bond donors (Lipinski definition) is 4. The minimum absolute atomic E-state index is 0.0419. The van der Waals surface area contributed by atoms with Gasteiger partial charge in [0.15, 0.2) is 0 Å². The summed E-state index contributed by atoms with van der Waals surface area (Å²) in [6.07, 6.45) is 1.09. The first-order chi connectivity index (χ1) is 12.0. The van der Waals surface area contributed by atoms with E-state index in [0.29, 0.717) is 17.0 Å². The third kappa shape index (κ3) is 3.69. The Labute approximate surface area is 142 Å². The van der Waals surface area contributed by atoms with E-state index in [1.165, 1.54) is 18.4 Å². The Kier molecular flexibility index (Phi) is 4.51. The zero-order valence-electron chi connectivity index (χ0n) is 13.0. The number of aromatic nitrogens is 2. The van der Waals surface area contributed by atoms with Crippen molar-refractivity contribution in [3.8, 4) is 17.0 Å². The number of nitrogens with one attached hydrogen (secondary N) is 2. The zero-order chi connectivity index (χ0) is 17.8. The van der Waals surface area contributed by atoms with Crippen molar-refractivity contribution in [3.05, 3.63) is 60.2 Å². The number of aromatic hydroxyl groups is 1. The molecule has 0 saturated heterocycles. The molecule has 2 aromatic heterocycles. The van der Waals surface area contributed by atoms with E-state index in [1.54, 1.807) is 30.3 Å². The average molecular weight is 341 g/mol. The molecule has 0 aliphatic rings. The van der Waals surface area contributed by atoms with E-state index in [0.717, 1.165) is 0 Å². The Morgan fingerprint density at radius 1 is 1.24 bits per heavy atom. The number of phenols is 1. The first-order valence-corrected chi connectivity index (χ1v) is 7.44. The van der Waals surface area contributed by atoms with Crippen LogP contribution in [0.1, 0.15) is 28.7 Å². The fraction of sp³-hybridized carbons (Fsp3) is 0.118. The Morgan fingerprint density at radius 2 is 2.04 bits per heavy atom. The topological polar surface area (TPSA) is 128 Å². The quantitative estimate of drug-likeness (QED) is 0.545. The van der Waals surface area contributed by atoms with Gasteiger partial charge in [0, 0.05) is 5.56 Å². The van der Waals surface area contributed by atoms with Crippen LogP contribution in [0.4, 0.5) is 0 Å². The number of carbonyl (C=O) groups is 2. The molecule has 0 fully saturated rings. The fourth-order valence-electron chi connectivity index (χ4n) is 2.39. The summed E-state index contributed by atoms with van der Waals surface area (Å²) in [4.78, 5) is 23.4. The first kappa shape index (κ1) is 16.3. The van der Waals surface area contributed by atoms with E-state index in [1.807, 2.05) is 0 Å². The molecule has 128 valence electrons. The average Bonchev–Trinajstić information content (AvgIpc) is 3.26. The first-order valence-electron chi connectivity index (χ1n) is 7.44. The van der Waals surface area contributed by atoms with E-state index in [9.17, 15) is 14.7 Å². The summed E-state index contributed by atoms with van der Waals surface area (Å²) in [6, 6.07) is 10.5. The van der Waals surface area contributed by atoms with Crippen molar-refractivity contribution < 1.29 is 24.2 Å². The van der Waals surface area contributed by atoms with Crippen molar-refractivity contribution in [1.29, 1.82) is 0 Å². The van der Waals surface area contributed by atoms with E-state index < -0.39 is 17.9 Å². The van der Waals surface area contributed by atoms with Gasteiger partial charge in [-0.3, -0.25) is 14.7 Å². The van der Waals surface area contributed by atoms with Crippen LogP contribution >= 0.6 is 0 Å². The van der Waals surface area contributed by atoms with Crippen LogP contribution in [-0.2, 0) is 4.79 Å². The smallest absolute Gasteiger partial charge is 0.305 e. The normalized spacial score (nSPS) is 11.8. The van der Waals surface area contributed by atoms with Gasteiger partial charge in [0.1, 0.15) is 17.2 Å². The summed E-state index contributed by atoms with van der Waals surface area (Å²) in [5, 5.41) is 28.1. The van der Waals surface area contributed by atoms with Gasteiger partial charge in [-0.05, 0) is 30.3 Å². The van der Waals surface area contributed by atoms with Gasteiger partial charge in [-0.25, -0.2) is 0 Å². The number of furan rings is 1. The van der Waals surface area contributed by atoms with Gasteiger partial charge in [-0.1, -0.05) is 12.1 Å². The lowest BCUT2D eigenvalue weighted by Gasteiger charge is -2.13. The van der Waals surface area contributed by atoms with Crippen LogP contribution in [-0.4, -0.2) is 32.3 Å². The molecule has 4 N–H and O–H groups in total. The Bertz CT molecular complexity index is 885. The van der Waals surface area contributed by atoms with Gasteiger partial charge in [0.2, 0.25) is 0 Å². The summed E-state index contributed by atoms with van der Waals surface area (Å²) >= 11 is 0. The highest BCUT2D eigenvalue weighted by Crippen LogP contribution is 2.27. The maximum absolute atomic E-state index is 12.4. The number of aromatic amines is 1. The molecule has 3 rings (SSSR count). The largest absolute Gasteiger partial charge is 0.507 e. The van der Waals surface area contributed by atoms with Crippen molar-refractivity contribution in [1.82, 2.24) is 15.5 Å². The number of phenolic OH excluding ortho intramolecular Hbond substituents is 1. The molecular formula is C17H15N3O5. The van der Waals surface area contributed by atoms with E-state index in [4.69, 9.17) is 9.52 Å². The predicted molar refractivity (Wildman–Crippen MR) is 86.9 cm³/mol. The zero-order valence-corrected chi connectivity index (χ0v) is 13.0. The highest BCUT2D eigenvalue weighted by atomic mass is 16.4. The minimum atomic E-state index is -1.07. The maximum atomic E-state index is 12.4. The fourth-order valence-corrected chi connectivity index (χ4v) is 2.39. The summed E-state index contributed by atoms with van der Waals surface area (Å²) in [6.45, 7) is 0. The molecule has 8 nitrogen and oxygen atoms in total. The van der Waals surface area contributed by atoms with Gasteiger partial charge in [-0.2, -0.15) is 5.10 Å². The Hall–Kier alpha value is -3.55. The Morgan fingerprint density at radius 3 is 2.72 bits per heavy atom. The number of carboxylic acid groups (broad SMARTS) is 1. The molecular weight excluding hydrogens is 326 g/mol. The highest BCUT2D eigenvalue weighted by molar-refractivity contribution is 5.94. The number of nitrogens with zero attached hydrogens (tertiary/aromatic N) is 1. The molecule has 0 spiro atoms. The molecule has 0 radical (unpaired) electrons. The second-order valence-electron chi connectivity index (χ2n) is 5.32. The van der Waals surface area contributed by atoms with E-state index in [-0.39, 0.29) is 17.9 Å². The van der Waals surface area contributed by atoms with Gasteiger partial charge >= 0.3 is 5.97 Å². The molecule has 0 saturated carbocycles. The molecule has 25 heavy (non-hydrogen) atoms. The van der Waals surface area contributed by atoms with Crippen LogP contribution in [0.5, 0.6) is 5.75 Å². The molecule has 0 aliphatic heterocycles. The Balaban J connectivity index is 1.79. The van der Waals surface area contributed by atoms with Crippen LogP contribution in [0.2, 0.25) is 0 Å². The SMILES string of the molecule is O=C(O)CC(NC(=O)c1cc(-c2ccccc2O)n[nH]1)c1ccco1. The van der Waals surface area contributed by atoms with Crippen molar-refractivity contribution >= 4 is 11.9 Å². The molecule has 0 aliphatic carbocycles. The molecule has 1 aromatic carbocycles. The number of aliphatic carboxylic acids is 1. The van der Waals surface area contributed by atoms with Crippen molar-refractivity contribution in [3.63, 3.8) is 0 Å². The third-order valence-electron chi connectivity index (χ3n) is 3.57. The molecule has 1 amide bonds. The van der Waals surface area contributed by atoms with Crippen molar-refractivity contribution in [2.75, 3.05) is 0 Å². The van der Waals surface area contributed by atoms with Crippen LogP contribution in [0.15, 0.2) is 53.1 Å². The van der Waals surface area contributed by atoms with Crippen LogP contribution in [0, 0.1) is 0 Å². The molecule has 8 heteroatoms. The third-order valence-corrected chi connectivity index (χ3v) is 3.57. The highest BCUT2D eigenvalue weighted by Gasteiger charge is 2.22. The maximum Gasteiger partial charge on any atom is 0.305 e. The van der Waals surface area contributed by atoms with Crippen LogP contribution in [0.3, 0.4) is 0 Å². The number of rotatable bonds is 6. The van der Waals surface area contributed by atoms with Gasteiger partial charge in [-0.15, -0.1) is 0 Å². The lowest BCUT2D eigenvalue weighted by Crippen LogP contribution is -2.30. The second-order valence-corrected chi connectivity index (χ2v) is 5.32. The van der Waals surface area contributed by atoms with Crippen LogP contribution in [0.25, 0.3) is 11.3 Å². The number of carboxylic acids is 1. The molecule has 1 unspecified atom stereocenters. The summed E-state index contributed by atoms with van der Waals surface area (Å²) < 4.78 is 5.19. The lowest BCUT2D eigenvalue weighted by molar-refractivity contribution is -0.137. The number of H-pyrrole nitrogens is 1. The van der Waals surface area contributed by atoms with Gasteiger partial charge in [0.25, 0.3) is 5.91 Å². The minimum Gasteiger partial charge on any atom is -0.507 e. The number of amides is 1. The summed E-state index contributed by atoms with van der Waals surface area (Å²) in [5.74, 6) is -1.21. The van der Waals surface area contributed by atoms with E-state index >= 15 is 0 Å². The molecule has 3 aromatic rings. The molecule has 0 bridgehead atoms. The number of carbonyl (C=O) groups excluding carboxylic acids is 1. The predicted octanol–water partition coefficient (Wildman–Crippen LogP) is 2.32. The van der Waals surface area contributed by atoms with E-state index in [2.05, 4.69) is 15.5 Å². The van der Waals surface area contributed by atoms with Gasteiger partial charge in [0.05, 0.1) is 24.4 Å². The summed E-state index contributed by atoms with van der Waals surface area (Å²) in [5.41, 5.74) is 1.02. The standard InChI is InChI=1S/C17H15N3O5/c21-14-5-2-1-4-10(14)11-8-13(20-19-11)17(24)18-12(9-16(22)23)15-6-3-7-25-15/h1-8,12,21H,9H2,(H,18,24)(H,19,20)(H,22,23).